The predicted molar refractivity (Wildman–Crippen MR) is 124 cm³/mol. The number of fused-ring (bicyclic) bond motifs is 2. The molecule has 3 amide bonds. The summed E-state index contributed by atoms with van der Waals surface area (Å²) in [4.78, 5) is 27.0. The van der Waals surface area contributed by atoms with Gasteiger partial charge < -0.3 is 20.4 Å². The summed E-state index contributed by atoms with van der Waals surface area (Å²) in [5, 5.41) is 2.61. The van der Waals surface area contributed by atoms with Gasteiger partial charge in [0.2, 0.25) is 5.09 Å². The van der Waals surface area contributed by atoms with Gasteiger partial charge in [-0.05, 0) is 73.6 Å². The van der Waals surface area contributed by atoms with Crippen molar-refractivity contribution in [1.82, 2.24) is 9.62 Å². The van der Waals surface area contributed by atoms with Crippen molar-refractivity contribution >= 4 is 27.5 Å². The molecule has 5 N–H and O–H groups in total. The van der Waals surface area contributed by atoms with Crippen molar-refractivity contribution in [3.05, 3.63) is 46.2 Å². The maximum Gasteiger partial charge on any atom is 0.332 e. The summed E-state index contributed by atoms with van der Waals surface area (Å²) in [5.74, 6) is -0.294. The molecule has 9 nitrogen and oxygen atoms in total. The van der Waals surface area contributed by atoms with E-state index in [1.54, 1.807) is 11.9 Å². The molecule has 0 bridgehead atoms. The van der Waals surface area contributed by atoms with Crippen molar-refractivity contribution in [3.63, 3.8) is 0 Å². The first-order valence-electron chi connectivity index (χ1n) is 11.4. The zero-order chi connectivity index (χ0) is 23.3. The number of benzene rings is 1. The van der Waals surface area contributed by atoms with Crippen LogP contribution in [0.2, 0.25) is 0 Å². The van der Waals surface area contributed by atoms with E-state index in [0.29, 0.717) is 0 Å². The van der Waals surface area contributed by atoms with Gasteiger partial charge in [-0.25, -0.2) is 18.5 Å². The molecular weight excluding hydrogens is 442 g/mol. The highest BCUT2D eigenvalue weighted by Gasteiger charge is 2.33. The van der Waals surface area contributed by atoms with E-state index in [-0.39, 0.29) is 28.6 Å². The van der Waals surface area contributed by atoms with E-state index >= 15 is 0 Å². The quantitative estimate of drug-likeness (QED) is 0.530. The van der Waals surface area contributed by atoms with Gasteiger partial charge in [0.05, 0.1) is 5.56 Å². The standard InChI is InChI=1S/C23H29N5O4S/c1-28(17-10-16(24)11-17)22(29)15-9-20(32-12-15)33(25,31)27-23(30)26-21-18-6-2-4-13(18)8-14-5-3-7-19(14)21/h8-9,12,16-17H,2-7,10-11,24H2,1H3,(H3,25,26,27,30,31). The number of anilines is 1. The van der Waals surface area contributed by atoms with Crippen LogP contribution in [-0.4, -0.2) is 40.2 Å². The van der Waals surface area contributed by atoms with Gasteiger partial charge in [0.1, 0.15) is 6.26 Å². The number of rotatable bonds is 5. The predicted octanol–water partition coefficient (Wildman–Crippen LogP) is 2.96. The number of carbonyl (C=O) groups excluding carboxylic acids is 2. The Morgan fingerprint density at radius 2 is 1.76 bits per heavy atom. The Labute approximate surface area is 193 Å². The highest BCUT2D eigenvalue weighted by Crippen LogP contribution is 2.38. The summed E-state index contributed by atoms with van der Waals surface area (Å²) in [6.45, 7) is 0. The van der Waals surface area contributed by atoms with Crippen molar-refractivity contribution < 1.29 is 18.2 Å². The summed E-state index contributed by atoms with van der Waals surface area (Å²) >= 11 is 0. The Morgan fingerprint density at radius 3 is 2.36 bits per heavy atom. The van der Waals surface area contributed by atoms with Crippen LogP contribution < -0.4 is 15.8 Å². The lowest BCUT2D eigenvalue weighted by Gasteiger charge is -2.39. The van der Waals surface area contributed by atoms with Crippen LogP contribution >= 0.6 is 0 Å². The van der Waals surface area contributed by atoms with Crippen molar-refractivity contribution in [2.75, 3.05) is 12.4 Å². The van der Waals surface area contributed by atoms with Crippen molar-refractivity contribution in [2.24, 2.45) is 5.73 Å². The van der Waals surface area contributed by atoms with Crippen molar-refractivity contribution in [2.45, 2.75) is 68.5 Å². The highest BCUT2D eigenvalue weighted by atomic mass is 32.2. The summed E-state index contributed by atoms with van der Waals surface area (Å²) in [7, 11) is -2.10. The molecule has 5 rings (SSSR count). The van der Waals surface area contributed by atoms with Gasteiger partial charge >= 0.3 is 6.03 Å². The molecule has 1 unspecified atom stereocenters. The maximum atomic E-state index is 13.0. The molecule has 1 atom stereocenters. The maximum absolute atomic E-state index is 13.0. The Morgan fingerprint density at radius 1 is 1.12 bits per heavy atom. The summed E-state index contributed by atoms with van der Waals surface area (Å²) in [6, 6.07) is 2.98. The van der Waals surface area contributed by atoms with E-state index in [2.05, 4.69) is 16.1 Å². The summed E-state index contributed by atoms with van der Waals surface area (Å²) in [5.41, 5.74) is 11.6. The minimum atomic E-state index is -3.79. The smallest absolute Gasteiger partial charge is 0.332 e. The number of aryl methyl sites for hydroxylation is 2. The molecule has 0 radical (unpaired) electrons. The molecule has 2 aromatic rings. The van der Waals surface area contributed by atoms with Gasteiger partial charge in [-0.2, -0.15) is 0 Å². The average molecular weight is 472 g/mol. The topological polar surface area (TPSA) is 142 Å². The molecule has 1 heterocycles. The van der Waals surface area contributed by atoms with Crippen LogP contribution in [0.5, 0.6) is 0 Å². The van der Waals surface area contributed by atoms with Crippen LogP contribution in [0.25, 0.3) is 0 Å². The fourth-order valence-electron chi connectivity index (χ4n) is 5.18. The second-order valence-electron chi connectivity index (χ2n) is 9.30. The molecule has 10 heteroatoms. The van der Waals surface area contributed by atoms with Crippen LogP contribution in [0.4, 0.5) is 10.5 Å². The first kappa shape index (κ1) is 22.0. The van der Waals surface area contributed by atoms with Gasteiger partial charge in [-0.1, -0.05) is 6.07 Å². The number of carbonyl (C=O) groups is 2. The molecule has 0 aliphatic heterocycles. The summed E-state index contributed by atoms with van der Waals surface area (Å²) in [6.07, 6.45) is 8.54. The third kappa shape index (κ3) is 4.02. The Kier molecular flexibility index (Phi) is 5.44. The number of nitrogens with zero attached hydrogens (tertiary/aromatic N) is 1. The van der Waals surface area contributed by atoms with E-state index in [0.717, 1.165) is 68.2 Å². The number of furan rings is 1. The number of urea groups is 1. The summed E-state index contributed by atoms with van der Waals surface area (Å²) < 4.78 is 28.7. The number of nitrogens with two attached hydrogens (primary N) is 1. The Hall–Kier alpha value is -2.85. The molecule has 1 saturated carbocycles. The molecule has 1 aromatic heterocycles. The first-order valence-corrected chi connectivity index (χ1v) is 12.9. The SMILES string of the molecule is CN(C(=O)c1coc(S(=N)(=O)NC(=O)Nc2c3c(cc4c2CCC4)CCC3)c1)C1CC(N)C1. The number of nitrogens with one attached hydrogen (secondary N) is 3. The lowest BCUT2D eigenvalue weighted by Crippen LogP contribution is -2.51. The van der Waals surface area contributed by atoms with Crippen molar-refractivity contribution in [1.29, 1.82) is 4.78 Å². The third-order valence-corrected chi connectivity index (χ3v) is 8.32. The van der Waals surface area contributed by atoms with Crippen LogP contribution in [0.1, 0.15) is 58.3 Å². The average Bonchev–Trinajstić information content (AvgIpc) is 3.49. The largest absolute Gasteiger partial charge is 0.452 e. The van der Waals surface area contributed by atoms with E-state index in [1.165, 1.54) is 23.5 Å². The fraction of sp³-hybridized carbons (Fsp3) is 0.478. The Balaban J connectivity index is 1.30. The first-order chi connectivity index (χ1) is 15.7. The van der Waals surface area contributed by atoms with Gasteiger partial charge in [0.15, 0.2) is 9.92 Å². The highest BCUT2D eigenvalue weighted by molar-refractivity contribution is 7.91. The van der Waals surface area contributed by atoms with Crippen LogP contribution in [-0.2, 0) is 35.6 Å². The lowest BCUT2D eigenvalue weighted by molar-refractivity contribution is 0.0624. The number of hydrogen-bond acceptors (Lipinski definition) is 6. The minimum absolute atomic E-state index is 0.0597. The van der Waals surface area contributed by atoms with E-state index in [1.807, 2.05) is 0 Å². The van der Waals surface area contributed by atoms with Gasteiger partial charge in [-0.15, -0.1) is 0 Å². The van der Waals surface area contributed by atoms with E-state index in [9.17, 15) is 13.8 Å². The number of hydrogen-bond donors (Lipinski definition) is 4. The fourth-order valence-corrected chi connectivity index (χ4v) is 6.07. The van der Waals surface area contributed by atoms with Gasteiger partial charge in [0.25, 0.3) is 5.91 Å². The molecule has 176 valence electrons. The second-order valence-corrected chi connectivity index (χ2v) is 11.0. The van der Waals surface area contributed by atoms with Crippen LogP contribution in [0, 0.1) is 4.78 Å². The minimum Gasteiger partial charge on any atom is -0.452 e. The van der Waals surface area contributed by atoms with Gasteiger partial charge in [0, 0.05) is 30.9 Å². The molecular formula is C23H29N5O4S. The molecule has 3 aliphatic carbocycles. The molecule has 1 fully saturated rings. The normalized spacial score (nSPS) is 22.6. The van der Waals surface area contributed by atoms with E-state index in [4.69, 9.17) is 14.9 Å². The van der Waals surface area contributed by atoms with Crippen LogP contribution in [0.15, 0.2) is 27.9 Å². The zero-order valence-electron chi connectivity index (χ0n) is 18.6. The molecule has 0 spiro atoms. The lowest BCUT2D eigenvalue weighted by atomic mass is 9.86. The molecule has 33 heavy (non-hydrogen) atoms. The van der Waals surface area contributed by atoms with Crippen LogP contribution in [0.3, 0.4) is 0 Å². The monoisotopic (exact) mass is 471 g/mol. The molecule has 3 aliphatic rings. The number of amides is 3. The molecule has 0 saturated heterocycles. The van der Waals surface area contributed by atoms with Gasteiger partial charge in [-0.3, -0.25) is 4.79 Å². The second kappa shape index (κ2) is 8.18. The molecule has 1 aromatic carbocycles. The third-order valence-electron chi connectivity index (χ3n) is 7.07. The Bertz CT molecular complexity index is 1200. The zero-order valence-corrected chi connectivity index (χ0v) is 19.4. The van der Waals surface area contributed by atoms with Crippen molar-refractivity contribution in [3.8, 4) is 0 Å². The van der Waals surface area contributed by atoms with E-state index < -0.39 is 15.9 Å².